The third-order valence-corrected chi connectivity index (χ3v) is 16.4. The minimum absolute atomic E-state index is 0.114. The molecule has 1 aromatic rings. The molecule has 4 saturated heterocycles. The molecule has 0 amide bonds. The maximum Gasteiger partial charge on any atom is 0.320 e. The maximum absolute atomic E-state index is 15.1. The second-order valence-electron chi connectivity index (χ2n) is 20.3. The Hall–Kier alpha value is -2.87. The summed E-state index contributed by atoms with van der Waals surface area (Å²) in [6, 6.07) is 7.28. The summed E-state index contributed by atoms with van der Waals surface area (Å²) in [6.07, 6.45) is -6.82. The number of methoxy groups -OCH3 is 3. The van der Waals surface area contributed by atoms with Crippen molar-refractivity contribution in [3.05, 3.63) is 29.8 Å². The standard InChI is InChI=1S/C50H79NO15S/c1-17-36-50(11)38(42(46(56)66-50)67-25-33-18-20-34(57-14)21-19-33)28(4)39(53)26(2)23-48(9,58-15)43(65-47-40(54)35(51(12)13)22-27(3)60-47)29(5)41(30(6)45(55)63-36)64-37-24-49(10,59-16)44(31(7)61-37)62-32(8)52/h18-21,26-31,35-38,40-44,47,54H,17,22-25H2,1-16H3/t26-,27-,28-,29+,30-,31+,35+,36-,37+,38+,40-,41+,42?,43-,44+,47+,48-,49-,50-/m1/s1. The van der Waals surface area contributed by atoms with Crippen molar-refractivity contribution in [3.8, 4) is 5.75 Å². The Kier molecular flexibility index (Phi) is 18.5. The zero-order valence-corrected chi connectivity index (χ0v) is 43.4. The number of aliphatic hydroxyl groups is 1. The molecule has 17 heteroatoms. The van der Waals surface area contributed by atoms with Crippen molar-refractivity contribution < 1.29 is 71.7 Å². The number of benzene rings is 1. The van der Waals surface area contributed by atoms with Gasteiger partial charge in [-0.1, -0.05) is 39.8 Å². The van der Waals surface area contributed by atoms with E-state index in [9.17, 15) is 19.5 Å². The van der Waals surface area contributed by atoms with E-state index in [1.807, 2.05) is 91.7 Å². The molecule has 1 aromatic carbocycles. The van der Waals surface area contributed by atoms with Gasteiger partial charge in [-0.15, -0.1) is 11.8 Å². The van der Waals surface area contributed by atoms with Crippen molar-refractivity contribution in [2.24, 2.45) is 29.6 Å². The molecule has 19 atom stereocenters. The van der Waals surface area contributed by atoms with E-state index in [2.05, 4.69) is 0 Å². The average Bonchev–Trinajstić information content (AvgIpc) is 3.54. The average molecular weight is 966 g/mol. The van der Waals surface area contributed by atoms with E-state index in [1.54, 1.807) is 35.0 Å². The Morgan fingerprint density at radius 3 is 2.06 bits per heavy atom. The number of nitrogens with zero attached hydrogens (tertiary/aromatic N) is 1. The number of thioether (sulfide) groups is 1. The molecule has 380 valence electrons. The van der Waals surface area contributed by atoms with Gasteiger partial charge in [0.25, 0.3) is 0 Å². The van der Waals surface area contributed by atoms with E-state index in [0.29, 0.717) is 17.9 Å². The van der Waals surface area contributed by atoms with Crippen molar-refractivity contribution in [1.82, 2.24) is 4.90 Å². The van der Waals surface area contributed by atoms with Gasteiger partial charge in [0.15, 0.2) is 24.3 Å². The van der Waals surface area contributed by atoms with Crippen LogP contribution in [0.4, 0.5) is 0 Å². The topological polar surface area (TPSA) is 184 Å². The second-order valence-corrected chi connectivity index (χ2v) is 21.4. The van der Waals surface area contributed by atoms with E-state index in [0.717, 1.165) is 5.56 Å². The molecule has 0 aromatic heterocycles. The number of esters is 3. The molecule has 0 spiro atoms. The van der Waals surface area contributed by atoms with E-state index in [4.69, 9.17) is 47.4 Å². The summed E-state index contributed by atoms with van der Waals surface area (Å²) in [6.45, 7) is 19.6. The number of fused-ring (bicyclic) bond motifs is 1. The molecule has 1 N–H and O–H groups in total. The van der Waals surface area contributed by atoms with E-state index in [1.165, 1.54) is 25.8 Å². The molecule has 0 bridgehead atoms. The molecular weight excluding hydrogens is 887 g/mol. The second kappa shape index (κ2) is 22.5. The van der Waals surface area contributed by atoms with Gasteiger partial charge in [0.1, 0.15) is 34.6 Å². The Balaban J connectivity index is 1.63. The number of hydrogen-bond acceptors (Lipinski definition) is 17. The summed E-state index contributed by atoms with van der Waals surface area (Å²) in [5.74, 6) is -4.43. The van der Waals surface area contributed by atoms with Gasteiger partial charge in [0.2, 0.25) is 0 Å². The first-order valence-corrected chi connectivity index (χ1v) is 24.9. The van der Waals surface area contributed by atoms with Gasteiger partial charge in [-0.25, -0.2) is 0 Å². The minimum atomic E-state index is -1.39. The van der Waals surface area contributed by atoms with Crippen LogP contribution in [-0.2, 0) is 67.6 Å². The number of Topliss-reactive ketones (excluding diaryl/α,β-unsaturated/α-hetero) is 1. The third-order valence-electron chi connectivity index (χ3n) is 15.1. The smallest absolute Gasteiger partial charge is 0.320 e. The number of likely N-dealkylation sites (N-methyl/N-ethyl adjacent to an activating group) is 1. The van der Waals surface area contributed by atoms with Gasteiger partial charge in [-0.05, 0) is 92.6 Å². The predicted molar refractivity (Wildman–Crippen MR) is 250 cm³/mol. The van der Waals surface area contributed by atoms with Crippen LogP contribution in [-0.4, -0.2) is 153 Å². The number of ether oxygens (including phenoxy) is 10. The highest BCUT2D eigenvalue weighted by Crippen LogP contribution is 2.50. The van der Waals surface area contributed by atoms with Crippen LogP contribution in [0.1, 0.15) is 107 Å². The highest BCUT2D eigenvalue weighted by Gasteiger charge is 2.62. The fraction of sp³-hybridized carbons (Fsp3) is 0.800. The van der Waals surface area contributed by atoms with Crippen molar-refractivity contribution in [1.29, 1.82) is 0 Å². The molecule has 4 heterocycles. The van der Waals surface area contributed by atoms with Crippen LogP contribution < -0.4 is 4.74 Å². The first-order valence-electron chi connectivity index (χ1n) is 23.8. The molecule has 4 aliphatic heterocycles. The van der Waals surface area contributed by atoms with Crippen LogP contribution in [0.2, 0.25) is 0 Å². The fourth-order valence-electron chi connectivity index (χ4n) is 11.2. The number of rotatable bonds is 13. The Morgan fingerprint density at radius 2 is 1.49 bits per heavy atom. The Bertz CT molecular complexity index is 1850. The quantitative estimate of drug-likeness (QED) is 0.176. The number of carbonyl (C=O) groups excluding carboxylic acids is 4. The van der Waals surface area contributed by atoms with Crippen molar-refractivity contribution in [3.63, 3.8) is 0 Å². The van der Waals surface area contributed by atoms with E-state index in [-0.39, 0.29) is 37.2 Å². The van der Waals surface area contributed by atoms with E-state index < -0.39 is 119 Å². The van der Waals surface area contributed by atoms with E-state index >= 15 is 4.79 Å². The molecule has 16 nitrogen and oxygen atoms in total. The summed E-state index contributed by atoms with van der Waals surface area (Å²) >= 11 is 1.39. The number of carbonyl (C=O) groups is 4. The Labute approximate surface area is 402 Å². The zero-order chi connectivity index (χ0) is 49.9. The van der Waals surface area contributed by atoms with Crippen molar-refractivity contribution in [2.75, 3.05) is 35.4 Å². The first-order chi connectivity index (χ1) is 31.4. The first kappa shape index (κ1) is 55.1. The van der Waals surface area contributed by atoms with Crippen LogP contribution in [0.25, 0.3) is 0 Å². The molecule has 4 aliphatic rings. The third kappa shape index (κ3) is 11.8. The zero-order valence-electron chi connectivity index (χ0n) is 42.6. The van der Waals surface area contributed by atoms with Gasteiger partial charge in [0.05, 0.1) is 43.0 Å². The monoisotopic (exact) mass is 966 g/mol. The lowest BCUT2D eigenvalue weighted by Crippen LogP contribution is -2.61. The molecule has 1 unspecified atom stereocenters. The van der Waals surface area contributed by atoms with Crippen molar-refractivity contribution in [2.45, 2.75) is 191 Å². The van der Waals surface area contributed by atoms with Crippen LogP contribution in [0, 0.1) is 29.6 Å². The van der Waals surface area contributed by atoms with Gasteiger partial charge in [0, 0.05) is 63.0 Å². The number of hydrogen-bond donors (Lipinski definition) is 1. The number of aliphatic hydroxyl groups excluding tert-OH is 1. The Morgan fingerprint density at radius 1 is 0.866 bits per heavy atom. The highest BCUT2D eigenvalue weighted by atomic mass is 32.2. The van der Waals surface area contributed by atoms with Gasteiger partial charge >= 0.3 is 17.9 Å². The molecule has 0 radical (unpaired) electrons. The molecule has 0 aliphatic carbocycles. The minimum Gasteiger partial charge on any atom is -0.497 e. The van der Waals surface area contributed by atoms with Gasteiger partial charge in [-0.3, -0.25) is 19.2 Å². The maximum atomic E-state index is 15.1. The highest BCUT2D eigenvalue weighted by molar-refractivity contribution is 7.99. The molecule has 67 heavy (non-hydrogen) atoms. The summed E-state index contributed by atoms with van der Waals surface area (Å²) in [7, 11) is 8.46. The van der Waals surface area contributed by atoms with Crippen LogP contribution in [0.3, 0.4) is 0 Å². The summed E-state index contributed by atoms with van der Waals surface area (Å²) < 4.78 is 63.2. The van der Waals surface area contributed by atoms with Crippen LogP contribution in [0.5, 0.6) is 5.75 Å². The summed E-state index contributed by atoms with van der Waals surface area (Å²) in [5.41, 5.74) is -2.76. The van der Waals surface area contributed by atoms with Crippen LogP contribution in [0.15, 0.2) is 24.3 Å². The molecule has 5 rings (SSSR count). The summed E-state index contributed by atoms with van der Waals surface area (Å²) in [5, 5.41) is 11.1. The normalized spacial score (nSPS) is 42.3. The fourth-order valence-corrected chi connectivity index (χ4v) is 12.7. The van der Waals surface area contributed by atoms with Gasteiger partial charge in [-0.2, -0.15) is 0 Å². The summed E-state index contributed by atoms with van der Waals surface area (Å²) in [4.78, 5) is 58.4. The van der Waals surface area contributed by atoms with Crippen LogP contribution >= 0.6 is 11.8 Å². The predicted octanol–water partition coefficient (Wildman–Crippen LogP) is 6.14. The van der Waals surface area contributed by atoms with Gasteiger partial charge < -0.3 is 57.4 Å². The lowest BCUT2D eigenvalue weighted by Gasteiger charge is -2.50. The largest absolute Gasteiger partial charge is 0.497 e. The SMILES string of the molecule is CC[C@H]1OC(=O)[C@H](C)[C@@H](O[C@H]2C[C@@](C)(OC)[C@@H](OC(C)=O)[C@H](C)O2)[C@H](C)[C@@H](O[C@@H]2O[C@H](C)C[C@H](N(C)C)[C@H]2O)[C@](C)(OC)C[C@@H](C)C(=O)[C@H](C)[C@H]2C(SCc3ccc(OC)cc3)C(=O)O[C@@]21C. The lowest BCUT2D eigenvalue weighted by molar-refractivity contribution is -0.320. The van der Waals surface area contributed by atoms with Crippen molar-refractivity contribution >= 4 is 35.5 Å². The lowest BCUT2D eigenvalue weighted by atomic mass is 9.70. The molecule has 4 fully saturated rings. The number of cyclic esters (lactones) is 1. The molecule has 0 saturated carbocycles. The molecular formula is C50H79NO15S. The number of ketones is 1.